The Labute approximate surface area is 201 Å². The molecule has 0 amide bonds. The second-order valence-corrected chi connectivity index (χ2v) is 13.3. The number of aliphatic hydroxyl groups excluding tert-OH is 1. The first-order valence-electron chi connectivity index (χ1n) is 13.4. The fraction of sp³-hybridized carbons (Fsp3) is 0.800. The van der Waals surface area contributed by atoms with Crippen molar-refractivity contribution in [2.24, 2.45) is 39.4 Å². The molecule has 0 bridgehead atoms. The zero-order chi connectivity index (χ0) is 24.4. The first-order valence-corrected chi connectivity index (χ1v) is 13.4. The van der Waals surface area contributed by atoms with Crippen LogP contribution < -0.4 is 0 Å². The molecule has 3 heteroatoms. The molecule has 3 nitrogen and oxygen atoms in total. The number of allylic oxidation sites excluding steroid dienone is 3. The van der Waals surface area contributed by atoms with Crippen molar-refractivity contribution in [1.29, 1.82) is 0 Å². The van der Waals surface area contributed by atoms with Gasteiger partial charge in [0.15, 0.2) is 0 Å². The van der Waals surface area contributed by atoms with Crippen molar-refractivity contribution in [3.05, 3.63) is 22.8 Å². The molecule has 2 fully saturated rings. The number of ketones is 1. The van der Waals surface area contributed by atoms with Gasteiger partial charge in [-0.2, -0.15) is 0 Å². The van der Waals surface area contributed by atoms with Gasteiger partial charge in [-0.15, -0.1) is 0 Å². The standard InChI is InChI=1S/C30H46O3/c1-19(18-31)9-8-10-20(2)21-11-16-30(7)26-22(12-15-29(21,30)6)28(5)14-13-25(33)27(3,4)24(28)17-23(26)32/h9,18,20-21,23-24,32H,8,10-17H2,1-7H3/b19-9+/t20-,21-,23-,24-,28-,29-,30?/m1/s1. The van der Waals surface area contributed by atoms with E-state index in [9.17, 15) is 14.7 Å². The Bertz CT molecular complexity index is 894. The Hall–Kier alpha value is -1.22. The molecule has 2 saturated carbocycles. The molecular weight excluding hydrogens is 408 g/mol. The van der Waals surface area contributed by atoms with Crippen LogP contribution in [-0.4, -0.2) is 23.3 Å². The Morgan fingerprint density at radius 3 is 2.48 bits per heavy atom. The second kappa shape index (κ2) is 8.18. The van der Waals surface area contributed by atoms with Crippen molar-refractivity contribution in [2.45, 2.75) is 112 Å². The number of fused-ring (bicyclic) bond motifs is 4. The normalized spacial score (nSPS) is 43.6. The van der Waals surface area contributed by atoms with Crippen molar-refractivity contribution in [2.75, 3.05) is 0 Å². The van der Waals surface area contributed by atoms with Crippen LogP contribution in [-0.2, 0) is 9.59 Å². The van der Waals surface area contributed by atoms with E-state index in [1.54, 1.807) is 0 Å². The largest absolute Gasteiger partial charge is 0.389 e. The van der Waals surface area contributed by atoms with Crippen LogP contribution >= 0.6 is 0 Å². The SMILES string of the molecule is C/C(C=O)=C\CC[C@@H](C)[C@H]1CCC2(C)C3=C(CC[C@]12C)[C@@]1(C)CCC(=O)C(C)(C)[C@H]1C[C@H]3O. The zero-order valence-electron chi connectivity index (χ0n) is 22.1. The molecule has 0 aliphatic heterocycles. The number of aliphatic hydroxyl groups is 1. The summed E-state index contributed by atoms with van der Waals surface area (Å²) >= 11 is 0. The molecule has 1 N–H and O–H groups in total. The molecule has 0 radical (unpaired) electrons. The minimum atomic E-state index is -0.417. The molecule has 1 unspecified atom stereocenters. The average Bonchev–Trinajstić information content (AvgIpc) is 3.04. The molecule has 33 heavy (non-hydrogen) atoms. The van der Waals surface area contributed by atoms with Crippen LogP contribution in [0.2, 0.25) is 0 Å². The molecule has 0 aromatic rings. The highest BCUT2D eigenvalue weighted by Crippen LogP contribution is 2.72. The maximum atomic E-state index is 12.8. The summed E-state index contributed by atoms with van der Waals surface area (Å²) in [5.41, 5.74) is 3.63. The highest BCUT2D eigenvalue weighted by atomic mass is 16.3. The lowest BCUT2D eigenvalue weighted by molar-refractivity contribution is -0.141. The van der Waals surface area contributed by atoms with E-state index in [0.717, 1.165) is 50.4 Å². The lowest BCUT2D eigenvalue weighted by Crippen LogP contribution is -2.57. The zero-order valence-corrected chi connectivity index (χ0v) is 22.1. The van der Waals surface area contributed by atoms with Crippen LogP contribution in [0.1, 0.15) is 106 Å². The van der Waals surface area contributed by atoms with Gasteiger partial charge >= 0.3 is 0 Å². The van der Waals surface area contributed by atoms with Gasteiger partial charge in [0.1, 0.15) is 12.1 Å². The molecule has 4 aliphatic rings. The van der Waals surface area contributed by atoms with Gasteiger partial charge in [-0.1, -0.05) is 53.2 Å². The molecule has 4 aliphatic carbocycles. The predicted octanol–water partition coefficient (Wildman–Crippen LogP) is 6.84. The van der Waals surface area contributed by atoms with E-state index >= 15 is 0 Å². The number of carbonyl (C=O) groups is 2. The van der Waals surface area contributed by atoms with Gasteiger partial charge in [0, 0.05) is 11.8 Å². The summed E-state index contributed by atoms with van der Waals surface area (Å²) in [6.45, 7) is 15.9. The number of hydrogen-bond donors (Lipinski definition) is 1. The quantitative estimate of drug-likeness (QED) is 0.281. The smallest absolute Gasteiger partial charge is 0.145 e. The molecular formula is C30H46O3. The van der Waals surface area contributed by atoms with Crippen LogP contribution in [0.4, 0.5) is 0 Å². The summed E-state index contributed by atoms with van der Waals surface area (Å²) in [4.78, 5) is 23.8. The highest BCUT2D eigenvalue weighted by Gasteiger charge is 2.65. The monoisotopic (exact) mass is 454 g/mol. The van der Waals surface area contributed by atoms with E-state index in [-0.39, 0.29) is 27.6 Å². The summed E-state index contributed by atoms with van der Waals surface area (Å²) in [7, 11) is 0. The third-order valence-electron chi connectivity index (χ3n) is 11.5. The van der Waals surface area contributed by atoms with E-state index < -0.39 is 6.10 Å². The Morgan fingerprint density at radius 1 is 1.12 bits per heavy atom. The Morgan fingerprint density at radius 2 is 1.82 bits per heavy atom. The van der Waals surface area contributed by atoms with E-state index in [2.05, 4.69) is 47.6 Å². The average molecular weight is 455 g/mol. The molecule has 0 saturated heterocycles. The third kappa shape index (κ3) is 3.46. The van der Waals surface area contributed by atoms with Gasteiger partial charge in [0.25, 0.3) is 0 Å². The molecule has 7 atom stereocenters. The summed E-state index contributed by atoms with van der Waals surface area (Å²) in [6.07, 6.45) is 11.7. The van der Waals surface area contributed by atoms with E-state index in [1.165, 1.54) is 24.0 Å². The fourth-order valence-electron chi connectivity index (χ4n) is 9.23. The maximum Gasteiger partial charge on any atom is 0.145 e. The number of carbonyl (C=O) groups excluding carboxylic acids is 2. The number of Topliss-reactive ketones (excluding diaryl/α,β-unsaturated/α-hetero) is 1. The molecule has 4 rings (SSSR count). The highest BCUT2D eigenvalue weighted by molar-refractivity contribution is 5.86. The van der Waals surface area contributed by atoms with Crippen molar-refractivity contribution >= 4 is 12.1 Å². The van der Waals surface area contributed by atoms with E-state index in [4.69, 9.17) is 0 Å². The van der Waals surface area contributed by atoms with Crippen LogP contribution in [0, 0.1) is 39.4 Å². The van der Waals surface area contributed by atoms with E-state index in [0.29, 0.717) is 24.0 Å². The minimum Gasteiger partial charge on any atom is -0.389 e. The predicted molar refractivity (Wildman–Crippen MR) is 134 cm³/mol. The number of hydrogen-bond acceptors (Lipinski definition) is 3. The first-order chi connectivity index (χ1) is 15.3. The molecule has 0 aromatic heterocycles. The summed E-state index contributed by atoms with van der Waals surface area (Å²) in [6, 6.07) is 0. The van der Waals surface area contributed by atoms with Crippen molar-refractivity contribution in [3.8, 4) is 0 Å². The van der Waals surface area contributed by atoms with Gasteiger partial charge < -0.3 is 5.11 Å². The van der Waals surface area contributed by atoms with Crippen molar-refractivity contribution < 1.29 is 14.7 Å². The molecule has 0 aromatic carbocycles. The lowest BCUT2D eigenvalue weighted by Gasteiger charge is -2.61. The van der Waals surface area contributed by atoms with E-state index in [1.807, 2.05) is 6.92 Å². The lowest BCUT2D eigenvalue weighted by atomic mass is 9.43. The van der Waals surface area contributed by atoms with Gasteiger partial charge in [-0.05, 0) is 103 Å². The number of rotatable bonds is 5. The van der Waals surface area contributed by atoms with Crippen LogP contribution in [0.3, 0.4) is 0 Å². The topological polar surface area (TPSA) is 54.4 Å². The minimum absolute atomic E-state index is 0.0348. The molecule has 0 spiro atoms. The van der Waals surface area contributed by atoms with Crippen molar-refractivity contribution in [3.63, 3.8) is 0 Å². The Kier molecular flexibility index (Phi) is 6.17. The van der Waals surface area contributed by atoms with Gasteiger partial charge in [-0.3, -0.25) is 9.59 Å². The summed E-state index contributed by atoms with van der Waals surface area (Å²) in [5, 5.41) is 11.6. The van der Waals surface area contributed by atoms with Crippen molar-refractivity contribution in [1.82, 2.24) is 0 Å². The van der Waals surface area contributed by atoms with Crippen LogP contribution in [0.5, 0.6) is 0 Å². The van der Waals surface area contributed by atoms with Gasteiger partial charge in [-0.25, -0.2) is 0 Å². The molecule has 0 heterocycles. The fourth-order valence-corrected chi connectivity index (χ4v) is 9.23. The van der Waals surface area contributed by atoms with Gasteiger partial charge in [0.2, 0.25) is 0 Å². The second-order valence-electron chi connectivity index (χ2n) is 13.3. The number of aldehydes is 1. The third-order valence-corrected chi connectivity index (χ3v) is 11.5. The molecule has 184 valence electrons. The Balaban J connectivity index is 1.68. The summed E-state index contributed by atoms with van der Waals surface area (Å²) in [5.74, 6) is 1.85. The summed E-state index contributed by atoms with van der Waals surface area (Å²) < 4.78 is 0. The van der Waals surface area contributed by atoms with Gasteiger partial charge in [0.05, 0.1) is 6.10 Å². The van der Waals surface area contributed by atoms with Crippen LogP contribution in [0.25, 0.3) is 0 Å². The van der Waals surface area contributed by atoms with Crippen LogP contribution in [0.15, 0.2) is 22.8 Å². The first kappa shape index (κ1) is 24.9. The maximum absolute atomic E-state index is 12.8.